The van der Waals surface area contributed by atoms with Gasteiger partial charge in [0.25, 0.3) is 0 Å². The predicted octanol–water partition coefficient (Wildman–Crippen LogP) is 0.868. The van der Waals surface area contributed by atoms with Crippen LogP contribution in [0.25, 0.3) is 0 Å². The summed E-state index contributed by atoms with van der Waals surface area (Å²) in [5.41, 5.74) is 5.46. The molecule has 0 aromatic heterocycles. The van der Waals surface area contributed by atoms with Crippen molar-refractivity contribution >= 4 is 16.8 Å². The molecule has 0 amide bonds. The Hall–Kier alpha value is -0.340. The van der Waals surface area contributed by atoms with E-state index in [4.69, 9.17) is 17.3 Å². The fourth-order valence-electron chi connectivity index (χ4n) is 0.524. The Kier molecular flexibility index (Phi) is 1.65. The van der Waals surface area contributed by atoms with Gasteiger partial charge in [-0.3, -0.25) is 0 Å². The minimum atomic E-state index is -0.0679. The molecule has 1 aliphatic heterocycles. The summed E-state index contributed by atoms with van der Waals surface area (Å²) in [5, 5.41) is 0.507. The van der Waals surface area contributed by atoms with Crippen molar-refractivity contribution < 1.29 is 0 Å². The zero-order valence-electron chi connectivity index (χ0n) is 4.34. The van der Waals surface area contributed by atoms with E-state index < -0.39 is 0 Å². The summed E-state index contributed by atoms with van der Waals surface area (Å²) in [4.78, 5) is 3.79. The van der Waals surface area contributed by atoms with Gasteiger partial charge in [-0.05, 0) is 6.42 Å². The number of hydrogen-bond donors (Lipinski definition) is 1. The van der Waals surface area contributed by atoms with E-state index in [1.807, 2.05) is 6.08 Å². The van der Waals surface area contributed by atoms with Crippen molar-refractivity contribution in [1.29, 1.82) is 0 Å². The van der Waals surface area contributed by atoms with Crippen LogP contribution in [0.3, 0.4) is 0 Å². The van der Waals surface area contributed by atoms with Crippen LogP contribution in [0.1, 0.15) is 6.42 Å². The lowest BCUT2D eigenvalue weighted by Gasteiger charge is -2.07. The summed E-state index contributed by atoms with van der Waals surface area (Å²) in [6.07, 6.45) is 4.38. The number of rotatable bonds is 0. The van der Waals surface area contributed by atoms with Gasteiger partial charge < -0.3 is 5.73 Å². The van der Waals surface area contributed by atoms with Crippen LogP contribution >= 0.6 is 11.6 Å². The van der Waals surface area contributed by atoms with E-state index in [0.717, 1.165) is 6.42 Å². The second-order valence-corrected chi connectivity index (χ2v) is 2.07. The van der Waals surface area contributed by atoms with Crippen LogP contribution in [0.5, 0.6) is 0 Å². The van der Waals surface area contributed by atoms with Crippen LogP contribution in [0.4, 0.5) is 0 Å². The minimum absolute atomic E-state index is 0.0679. The first-order chi connectivity index (χ1) is 3.80. The molecule has 0 radical (unpaired) electrons. The topological polar surface area (TPSA) is 38.4 Å². The Labute approximate surface area is 53.0 Å². The molecule has 1 atom stereocenters. The maximum atomic E-state index is 5.54. The Morgan fingerprint density at radius 2 is 2.62 bits per heavy atom. The van der Waals surface area contributed by atoms with Gasteiger partial charge >= 0.3 is 0 Å². The first-order valence-electron chi connectivity index (χ1n) is 2.44. The van der Waals surface area contributed by atoms with E-state index in [1.54, 1.807) is 6.20 Å². The van der Waals surface area contributed by atoms with Crippen LogP contribution < -0.4 is 5.73 Å². The van der Waals surface area contributed by atoms with Gasteiger partial charge in [-0.15, -0.1) is 0 Å². The fourth-order valence-corrected chi connectivity index (χ4v) is 0.670. The van der Waals surface area contributed by atoms with Crippen LogP contribution in [0.2, 0.25) is 0 Å². The molecule has 2 N–H and O–H groups in total. The van der Waals surface area contributed by atoms with Crippen molar-refractivity contribution in [2.45, 2.75) is 12.5 Å². The first-order valence-corrected chi connectivity index (χ1v) is 2.82. The Balaban J connectivity index is 2.66. The van der Waals surface area contributed by atoms with E-state index in [0.29, 0.717) is 5.17 Å². The lowest BCUT2D eigenvalue weighted by molar-refractivity contribution is 0.871. The SMILES string of the molecule is NC1CC=CN=C1Cl. The average molecular weight is 131 g/mol. The Morgan fingerprint density at radius 1 is 1.88 bits per heavy atom. The zero-order chi connectivity index (χ0) is 5.98. The van der Waals surface area contributed by atoms with Gasteiger partial charge in [-0.2, -0.15) is 0 Å². The zero-order valence-corrected chi connectivity index (χ0v) is 5.10. The Morgan fingerprint density at radius 3 is 3.00 bits per heavy atom. The standard InChI is InChI=1S/C5H7ClN2/c6-5-4(7)2-1-3-8-5/h1,3-4H,2,7H2. The highest BCUT2D eigenvalue weighted by Crippen LogP contribution is 2.03. The number of aliphatic imine (C=N–C) groups is 1. The molecule has 0 aromatic carbocycles. The van der Waals surface area contributed by atoms with Crippen LogP contribution in [-0.2, 0) is 0 Å². The lowest BCUT2D eigenvalue weighted by Crippen LogP contribution is -2.27. The van der Waals surface area contributed by atoms with Gasteiger partial charge in [0.05, 0.1) is 6.04 Å². The van der Waals surface area contributed by atoms with Gasteiger partial charge in [-0.25, -0.2) is 4.99 Å². The molecule has 0 spiro atoms. The second kappa shape index (κ2) is 2.29. The first kappa shape index (κ1) is 5.79. The third-order valence-electron chi connectivity index (χ3n) is 0.999. The second-order valence-electron chi connectivity index (χ2n) is 1.68. The fraction of sp³-hybridized carbons (Fsp3) is 0.400. The number of halogens is 1. The monoisotopic (exact) mass is 130 g/mol. The van der Waals surface area contributed by atoms with E-state index in [1.165, 1.54) is 0 Å². The molecule has 8 heavy (non-hydrogen) atoms. The quantitative estimate of drug-likeness (QED) is 0.519. The van der Waals surface area contributed by atoms with Crippen LogP contribution in [-0.4, -0.2) is 11.2 Å². The molecule has 2 nitrogen and oxygen atoms in total. The summed E-state index contributed by atoms with van der Waals surface area (Å²) in [6.45, 7) is 0. The molecule has 0 fully saturated rings. The molecule has 1 aliphatic rings. The summed E-state index contributed by atoms with van der Waals surface area (Å²) in [5.74, 6) is 0. The van der Waals surface area contributed by atoms with Gasteiger partial charge in [-0.1, -0.05) is 17.7 Å². The van der Waals surface area contributed by atoms with E-state index in [2.05, 4.69) is 4.99 Å². The lowest BCUT2D eigenvalue weighted by atomic mass is 10.2. The molecule has 44 valence electrons. The van der Waals surface area contributed by atoms with Crippen molar-refractivity contribution in [2.24, 2.45) is 10.7 Å². The molecule has 0 saturated carbocycles. The third-order valence-corrected chi connectivity index (χ3v) is 1.38. The summed E-state index contributed by atoms with van der Waals surface area (Å²) in [7, 11) is 0. The maximum Gasteiger partial charge on any atom is 0.123 e. The highest BCUT2D eigenvalue weighted by Gasteiger charge is 2.07. The average Bonchev–Trinajstić information content (AvgIpc) is 1.77. The number of hydrogen-bond acceptors (Lipinski definition) is 2. The highest BCUT2D eigenvalue weighted by atomic mass is 35.5. The summed E-state index contributed by atoms with van der Waals surface area (Å²) in [6, 6.07) is -0.0679. The molecule has 1 rings (SSSR count). The van der Waals surface area contributed by atoms with Crippen LogP contribution in [0, 0.1) is 0 Å². The molecule has 0 aliphatic carbocycles. The smallest absolute Gasteiger partial charge is 0.123 e. The number of nitrogens with two attached hydrogens (primary N) is 1. The molecule has 1 unspecified atom stereocenters. The van der Waals surface area contributed by atoms with E-state index in [9.17, 15) is 0 Å². The molecule has 3 heteroatoms. The van der Waals surface area contributed by atoms with Gasteiger partial charge in [0.1, 0.15) is 5.17 Å². The predicted molar refractivity (Wildman–Crippen MR) is 35.0 cm³/mol. The van der Waals surface area contributed by atoms with Crippen molar-refractivity contribution in [1.82, 2.24) is 0 Å². The number of nitrogens with zero attached hydrogens (tertiary/aromatic N) is 1. The third kappa shape index (κ3) is 1.08. The van der Waals surface area contributed by atoms with Gasteiger partial charge in [0.15, 0.2) is 0 Å². The normalized spacial score (nSPS) is 27.8. The molecule has 1 heterocycles. The maximum absolute atomic E-state index is 5.54. The van der Waals surface area contributed by atoms with Crippen molar-refractivity contribution in [2.75, 3.05) is 0 Å². The van der Waals surface area contributed by atoms with E-state index >= 15 is 0 Å². The summed E-state index contributed by atoms with van der Waals surface area (Å²) < 4.78 is 0. The van der Waals surface area contributed by atoms with Crippen molar-refractivity contribution in [3.63, 3.8) is 0 Å². The molecule has 0 aromatic rings. The van der Waals surface area contributed by atoms with Crippen molar-refractivity contribution in [3.8, 4) is 0 Å². The molecule has 0 bridgehead atoms. The minimum Gasteiger partial charge on any atom is -0.322 e. The summed E-state index contributed by atoms with van der Waals surface area (Å²) >= 11 is 5.54. The van der Waals surface area contributed by atoms with E-state index in [-0.39, 0.29) is 6.04 Å². The molecular formula is C5H7ClN2. The van der Waals surface area contributed by atoms with Crippen LogP contribution in [0.15, 0.2) is 17.3 Å². The largest absolute Gasteiger partial charge is 0.322 e. The van der Waals surface area contributed by atoms with Crippen molar-refractivity contribution in [3.05, 3.63) is 12.3 Å². The van der Waals surface area contributed by atoms with Gasteiger partial charge in [0, 0.05) is 6.20 Å². The molecular weight excluding hydrogens is 124 g/mol. The van der Waals surface area contributed by atoms with Gasteiger partial charge in [0.2, 0.25) is 0 Å². The Bertz CT molecular complexity index is 139. The highest BCUT2D eigenvalue weighted by molar-refractivity contribution is 6.66. The molecule has 0 saturated heterocycles.